The lowest BCUT2D eigenvalue weighted by Crippen LogP contribution is -2.52. The molecule has 108 valence electrons. The Bertz CT molecular complexity index is 529. The summed E-state index contributed by atoms with van der Waals surface area (Å²) in [5, 5.41) is 4.03. The molecule has 3 atom stereocenters. The van der Waals surface area contributed by atoms with Crippen molar-refractivity contribution in [3.05, 3.63) is 35.4 Å². The summed E-state index contributed by atoms with van der Waals surface area (Å²) in [5.74, 6) is 0.643. The Morgan fingerprint density at radius 1 is 1.40 bits per heavy atom. The molecule has 0 saturated carbocycles. The second kappa shape index (κ2) is 5.08. The normalized spacial score (nSPS) is 31.1. The van der Waals surface area contributed by atoms with Gasteiger partial charge in [0.2, 0.25) is 0 Å². The zero-order valence-electron chi connectivity index (χ0n) is 12.2. The predicted octanol–water partition coefficient (Wildman–Crippen LogP) is 2.66. The van der Waals surface area contributed by atoms with Gasteiger partial charge in [0.05, 0.1) is 7.11 Å². The van der Waals surface area contributed by atoms with Crippen LogP contribution in [-0.2, 0) is 14.9 Å². The SMILES string of the molecule is COC(=O)C1CSC2CC(C)(C)c3ccccc3C2N1. The molecule has 0 bridgehead atoms. The molecule has 1 aliphatic heterocycles. The van der Waals surface area contributed by atoms with Crippen LogP contribution in [-0.4, -0.2) is 30.1 Å². The Morgan fingerprint density at radius 2 is 2.15 bits per heavy atom. The molecular formula is C16H21NO2S. The average molecular weight is 291 g/mol. The Kier molecular flexibility index (Phi) is 3.55. The topological polar surface area (TPSA) is 38.3 Å². The third kappa shape index (κ3) is 2.25. The number of carbonyl (C=O) groups is 1. The lowest BCUT2D eigenvalue weighted by Gasteiger charge is -2.46. The number of fused-ring (bicyclic) bond motifs is 3. The first-order chi connectivity index (χ1) is 9.53. The smallest absolute Gasteiger partial charge is 0.323 e. The lowest BCUT2D eigenvalue weighted by atomic mass is 9.70. The highest BCUT2D eigenvalue weighted by Gasteiger charge is 2.43. The molecule has 3 unspecified atom stereocenters. The second-order valence-corrected chi connectivity index (χ2v) is 7.54. The first-order valence-corrected chi connectivity index (χ1v) is 8.13. The van der Waals surface area contributed by atoms with E-state index in [-0.39, 0.29) is 23.5 Å². The van der Waals surface area contributed by atoms with E-state index in [1.807, 2.05) is 11.8 Å². The molecule has 3 nitrogen and oxygen atoms in total. The minimum atomic E-state index is -0.194. The second-order valence-electron chi connectivity index (χ2n) is 6.27. The van der Waals surface area contributed by atoms with Gasteiger partial charge in [0.1, 0.15) is 6.04 Å². The summed E-state index contributed by atoms with van der Waals surface area (Å²) >= 11 is 1.90. The van der Waals surface area contributed by atoms with Crippen LogP contribution in [0.3, 0.4) is 0 Å². The van der Waals surface area contributed by atoms with Gasteiger partial charge in [0, 0.05) is 17.0 Å². The maximum atomic E-state index is 11.8. The van der Waals surface area contributed by atoms with Crippen LogP contribution in [0, 0.1) is 0 Å². The number of ether oxygens (including phenoxy) is 1. The van der Waals surface area contributed by atoms with E-state index >= 15 is 0 Å². The van der Waals surface area contributed by atoms with Crippen LogP contribution in [0.5, 0.6) is 0 Å². The summed E-state index contributed by atoms with van der Waals surface area (Å²) in [4.78, 5) is 11.8. The van der Waals surface area contributed by atoms with Crippen molar-refractivity contribution in [2.75, 3.05) is 12.9 Å². The summed E-state index contributed by atoms with van der Waals surface area (Å²) in [6.45, 7) is 4.63. The molecule has 0 radical (unpaired) electrons. The molecule has 1 heterocycles. The molecule has 0 amide bonds. The van der Waals surface area contributed by atoms with Gasteiger partial charge in [-0.3, -0.25) is 10.1 Å². The lowest BCUT2D eigenvalue weighted by molar-refractivity contribution is -0.142. The van der Waals surface area contributed by atoms with Crippen molar-refractivity contribution in [2.45, 2.75) is 43.0 Å². The summed E-state index contributed by atoms with van der Waals surface area (Å²) < 4.78 is 4.88. The molecule has 2 aliphatic rings. The summed E-state index contributed by atoms with van der Waals surface area (Å²) in [7, 11) is 1.46. The number of rotatable bonds is 1. The van der Waals surface area contributed by atoms with Crippen molar-refractivity contribution in [3.8, 4) is 0 Å². The number of methoxy groups -OCH3 is 1. The van der Waals surface area contributed by atoms with Crippen molar-refractivity contribution < 1.29 is 9.53 Å². The molecule has 1 fully saturated rings. The van der Waals surface area contributed by atoms with Crippen molar-refractivity contribution in [1.29, 1.82) is 0 Å². The van der Waals surface area contributed by atoms with Crippen molar-refractivity contribution in [3.63, 3.8) is 0 Å². The fourth-order valence-electron chi connectivity index (χ4n) is 3.43. The van der Waals surface area contributed by atoms with Crippen molar-refractivity contribution in [1.82, 2.24) is 5.32 Å². The molecule has 1 aliphatic carbocycles. The molecule has 1 saturated heterocycles. The van der Waals surface area contributed by atoms with E-state index in [9.17, 15) is 4.79 Å². The number of esters is 1. The van der Waals surface area contributed by atoms with Gasteiger partial charge in [-0.1, -0.05) is 38.1 Å². The Hall–Kier alpha value is -1.00. The molecule has 3 rings (SSSR count). The van der Waals surface area contributed by atoms with E-state index in [2.05, 4.69) is 43.4 Å². The molecule has 4 heteroatoms. The third-order valence-electron chi connectivity index (χ3n) is 4.45. The predicted molar refractivity (Wildman–Crippen MR) is 82.0 cm³/mol. The van der Waals surface area contributed by atoms with Crippen molar-refractivity contribution in [2.24, 2.45) is 0 Å². The number of thioether (sulfide) groups is 1. The van der Waals surface area contributed by atoms with E-state index < -0.39 is 0 Å². The maximum absolute atomic E-state index is 11.8. The average Bonchev–Trinajstić information content (AvgIpc) is 2.46. The van der Waals surface area contributed by atoms with Crippen LogP contribution >= 0.6 is 11.8 Å². The quantitative estimate of drug-likeness (QED) is 0.807. The summed E-state index contributed by atoms with van der Waals surface area (Å²) in [6, 6.07) is 8.67. The summed E-state index contributed by atoms with van der Waals surface area (Å²) in [6.07, 6.45) is 1.14. The Labute approximate surface area is 124 Å². The highest BCUT2D eigenvalue weighted by atomic mass is 32.2. The third-order valence-corrected chi connectivity index (χ3v) is 5.84. The van der Waals surface area contributed by atoms with Crippen LogP contribution in [0.25, 0.3) is 0 Å². The first kappa shape index (κ1) is 14.0. The largest absolute Gasteiger partial charge is 0.468 e. The van der Waals surface area contributed by atoms with Gasteiger partial charge in [-0.25, -0.2) is 0 Å². The zero-order valence-corrected chi connectivity index (χ0v) is 13.0. The first-order valence-electron chi connectivity index (χ1n) is 7.08. The highest BCUT2D eigenvalue weighted by molar-refractivity contribution is 8.00. The van der Waals surface area contributed by atoms with E-state index in [4.69, 9.17) is 4.74 Å². The molecule has 1 aromatic carbocycles. The monoisotopic (exact) mass is 291 g/mol. The number of nitrogens with one attached hydrogen (secondary N) is 1. The minimum Gasteiger partial charge on any atom is -0.468 e. The van der Waals surface area contributed by atoms with E-state index in [0.29, 0.717) is 5.25 Å². The minimum absolute atomic E-state index is 0.154. The number of carbonyl (C=O) groups excluding carboxylic acids is 1. The summed E-state index contributed by atoms with van der Waals surface area (Å²) in [5.41, 5.74) is 2.94. The van der Waals surface area contributed by atoms with E-state index in [0.717, 1.165) is 12.2 Å². The molecule has 0 spiro atoms. The number of hydrogen-bond acceptors (Lipinski definition) is 4. The van der Waals surface area contributed by atoms with Gasteiger partial charge in [-0.15, -0.1) is 0 Å². The fraction of sp³-hybridized carbons (Fsp3) is 0.562. The van der Waals surface area contributed by atoms with Gasteiger partial charge in [0.15, 0.2) is 0 Å². The molecular weight excluding hydrogens is 270 g/mol. The maximum Gasteiger partial charge on any atom is 0.323 e. The Balaban J connectivity index is 1.95. The zero-order chi connectivity index (χ0) is 14.3. The van der Waals surface area contributed by atoms with Gasteiger partial charge in [0.25, 0.3) is 0 Å². The van der Waals surface area contributed by atoms with E-state index in [1.165, 1.54) is 18.2 Å². The van der Waals surface area contributed by atoms with Crippen LogP contribution < -0.4 is 5.32 Å². The molecule has 1 aromatic rings. The highest BCUT2D eigenvalue weighted by Crippen LogP contribution is 2.47. The van der Waals surface area contributed by atoms with Gasteiger partial charge in [-0.05, 0) is 23.0 Å². The number of hydrogen-bond donors (Lipinski definition) is 1. The standard InChI is InChI=1S/C16H21NO2S/c1-16(2)8-13-14(10-6-4-5-7-11(10)16)17-12(9-20-13)15(18)19-3/h4-7,12-14,17H,8-9H2,1-3H3. The van der Waals surface area contributed by atoms with Gasteiger partial charge >= 0.3 is 5.97 Å². The van der Waals surface area contributed by atoms with E-state index in [1.54, 1.807) is 0 Å². The molecule has 1 N–H and O–H groups in total. The van der Waals surface area contributed by atoms with Crippen LogP contribution in [0.15, 0.2) is 24.3 Å². The van der Waals surface area contributed by atoms with Crippen LogP contribution in [0.4, 0.5) is 0 Å². The van der Waals surface area contributed by atoms with Crippen LogP contribution in [0.2, 0.25) is 0 Å². The van der Waals surface area contributed by atoms with Gasteiger partial charge < -0.3 is 4.74 Å². The molecule has 20 heavy (non-hydrogen) atoms. The fourth-order valence-corrected chi connectivity index (χ4v) is 5.05. The van der Waals surface area contributed by atoms with Crippen LogP contribution in [0.1, 0.15) is 37.4 Å². The Morgan fingerprint density at radius 3 is 2.90 bits per heavy atom. The molecule has 0 aromatic heterocycles. The van der Waals surface area contributed by atoms with Crippen molar-refractivity contribution >= 4 is 17.7 Å². The number of benzene rings is 1. The van der Waals surface area contributed by atoms with Gasteiger partial charge in [-0.2, -0.15) is 11.8 Å².